The fraction of sp³-hybridized carbons (Fsp3) is 0.529. The molecule has 26 heavy (non-hydrogen) atoms. The van der Waals surface area contributed by atoms with Crippen molar-refractivity contribution in [3.63, 3.8) is 0 Å². The molecule has 0 atom stereocenters. The summed E-state index contributed by atoms with van der Waals surface area (Å²) in [4.78, 5) is 19.2. The standard InChI is InChI=1S/C17H21F3N4O2/c1-22(2)14(25)11-24-5-3-4-12-13(10-23-6-8-26-9-7-23)15(17(18,19)20)21-16(12)24/h3-5H,6-11H2,1-2H3. The quantitative estimate of drug-likeness (QED) is 0.825. The van der Waals surface area contributed by atoms with Gasteiger partial charge in [-0.05, 0) is 12.1 Å². The van der Waals surface area contributed by atoms with Gasteiger partial charge in [0.2, 0.25) is 5.91 Å². The summed E-state index contributed by atoms with van der Waals surface area (Å²) in [5.74, 6) is -0.0351. The first-order valence-electron chi connectivity index (χ1n) is 8.32. The third-order valence-electron chi connectivity index (χ3n) is 4.43. The van der Waals surface area contributed by atoms with Gasteiger partial charge in [0.05, 0.1) is 13.2 Å². The normalized spacial score (nSPS) is 16.2. The molecule has 0 N–H and O–H groups in total. The average molecular weight is 370 g/mol. The summed E-state index contributed by atoms with van der Waals surface area (Å²) in [6.45, 7) is 2.26. The SMILES string of the molecule is CN(C)C(=O)Cn1cccc2c(CN3CCOCC3)c(C(F)(F)F)nc1-2. The van der Waals surface area contributed by atoms with Crippen LogP contribution in [0.5, 0.6) is 0 Å². The number of aromatic nitrogens is 2. The number of hydrogen-bond acceptors (Lipinski definition) is 4. The zero-order chi connectivity index (χ0) is 18.9. The van der Waals surface area contributed by atoms with Crippen LogP contribution < -0.4 is 0 Å². The molecule has 3 rings (SSSR count). The monoisotopic (exact) mass is 370 g/mol. The number of hydrogen-bond donors (Lipinski definition) is 0. The number of carbonyl (C=O) groups is 1. The van der Waals surface area contributed by atoms with Crippen molar-refractivity contribution in [1.82, 2.24) is 19.4 Å². The lowest BCUT2D eigenvalue weighted by atomic mass is 10.1. The molecule has 9 heteroatoms. The van der Waals surface area contributed by atoms with Crippen LogP contribution in [-0.2, 0) is 28.8 Å². The number of rotatable bonds is 4. The van der Waals surface area contributed by atoms with Crippen molar-refractivity contribution in [3.8, 4) is 11.4 Å². The second-order valence-corrected chi connectivity index (χ2v) is 6.49. The van der Waals surface area contributed by atoms with E-state index in [1.165, 1.54) is 9.47 Å². The van der Waals surface area contributed by atoms with Gasteiger partial charge in [0.15, 0.2) is 5.69 Å². The van der Waals surface area contributed by atoms with E-state index in [0.29, 0.717) is 31.9 Å². The molecule has 0 spiro atoms. The van der Waals surface area contributed by atoms with Gasteiger partial charge in [-0.2, -0.15) is 13.2 Å². The van der Waals surface area contributed by atoms with Gasteiger partial charge in [0.25, 0.3) is 0 Å². The number of alkyl halides is 3. The molecule has 0 radical (unpaired) electrons. The van der Waals surface area contributed by atoms with Gasteiger partial charge in [0, 0.05) is 51.1 Å². The third kappa shape index (κ3) is 3.83. The first-order valence-corrected chi connectivity index (χ1v) is 8.32. The largest absolute Gasteiger partial charge is 0.433 e. The van der Waals surface area contributed by atoms with E-state index < -0.39 is 11.9 Å². The molecule has 0 aromatic heterocycles. The van der Waals surface area contributed by atoms with Crippen molar-refractivity contribution in [2.45, 2.75) is 19.3 Å². The van der Waals surface area contributed by atoms with Gasteiger partial charge in [0.1, 0.15) is 12.4 Å². The summed E-state index contributed by atoms with van der Waals surface area (Å²) in [6, 6.07) is 3.28. The summed E-state index contributed by atoms with van der Waals surface area (Å²) in [6.07, 6.45) is -2.97. The van der Waals surface area contributed by atoms with Gasteiger partial charge < -0.3 is 14.2 Å². The lowest BCUT2D eigenvalue weighted by Crippen LogP contribution is -2.36. The molecule has 3 aliphatic rings. The van der Waals surface area contributed by atoms with Crippen molar-refractivity contribution in [3.05, 3.63) is 29.6 Å². The molecular formula is C17H21F3N4O2. The molecule has 3 heterocycles. The second-order valence-electron chi connectivity index (χ2n) is 6.49. The summed E-state index contributed by atoms with van der Waals surface area (Å²) < 4.78 is 47.5. The molecule has 142 valence electrons. The first-order chi connectivity index (χ1) is 12.3. The minimum atomic E-state index is -4.55. The van der Waals surface area contributed by atoms with E-state index in [9.17, 15) is 18.0 Å². The molecule has 0 aromatic rings. The number of ether oxygens (including phenoxy) is 1. The van der Waals surface area contributed by atoms with E-state index in [2.05, 4.69) is 4.98 Å². The molecule has 0 saturated carbocycles. The van der Waals surface area contributed by atoms with E-state index in [1.807, 2.05) is 4.90 Å². The zero-order valence-electron chi connectivity index (χ0n) is 14.7. The van der Waals surface area contributed by atoms with Gasteiger partial charge in [-0.25, -0.2) is 4.98 Å². The van der Waals surface area contributed by atoms with Crippen molar-refractivity contribution >= 4 is 5.91 Å². The number of nitrogens with zero attached hydrogens (tertiary/aromatic N) is 4. The Morgan fingerprint density at radius 1 is 1.31 bits per heavy atom. The Kier molecular flexibility index (Phi) is 5.19. The molecule has 1 fully saturated rings. The molecule has 1 saturated heterocycles. The molecule has 0 unspecified atom stereocenters. The van der Waals surface area contributed by atoms with Gasteiger partial charge in [-0.3, -0.25) is 9.69 Å². The third-order valence-corrected chi connectivity index (χ3v) is 4.43. The topological polar surface area (TPSA) is 50.6 Å². The maximum atomic E-state index is 13.6. The van der Waals surface area contributed by atoms with Crippen LogP contribution in [0.15, 0.2) is 18.3 Å². The molecular weight excluding hydrogens is 349 g/mol. The van der Waals surface area contributed by atoms with Crippen LogP contribution in [0, 0.1) is 0 Å². The van der Waals surface area contributed by atoms with E-state index in [0.717, 1.165) is 0 Å². The zero-order valence-corrected chi connectivity index (χ0v) is 14.7. The first kappa shape index (κ1) is 18.7. The van der Waals surface area contributed by atoms with Crippen molar-refractivity contribution in [2.75, 3.05) is 40.4 Å². The smallest absolute Gasteiger partial charge is 0.379 e. The average Bonchev–Trinajstić information content (AvgIpc) is 2.96. The summed E-state index contributed by atoms with van der Waals surface area (Å²) in [5, 5.41) is 0. The lowest BCUT2D eigenvalue weighted by Gasteiger charge is -2.27. The van der Waals surface area contributed by atoms with Crippen LogP contribution in [0.25, 0.3) is 11.4 Å². The van der Waals surface area contributed by atoms with Crippen LogP contribution in [0.4, 0.5) is 13.2 Å². The predicted octanol–water partition coefficient (Wildman–Crippen LogP) is 1.93. The molecule has 3 aliphatic heterocycles. The number of likely N-dealkylation sites (N-methyl/N-ethyl adjacent to an activating group) is 1. The number of amides is 1. The Bertz CT molecular complexity index is 751. The molecule has 0 bridgehead atoms. The Hall–Kier alpha value is -2.13. The van der Waals surface area contributed by atoms with E-state index in [-0.39, 0.29) is 30.4 Å². The van der Waals surface area contributed by atoms with E-state index >= 15 is 0 Å². The lowest BCUT2D eigenvalue weighted by molar-refractivity contribution is -0.141. The van der Waals surface area contributed by atoms with Crippen molar-refractivity contribution < 1.29 is 22.7 Å². The van der Waals surface area contributed by atoms with E-state index in [4.69, 9.17) is 4.74 Å². The highest BCUT2D eigenvalue weighted by atomic mass is 19.4. The van der Waals surface area contributed by atoms with Crippen LogP contribution in [0.1, 0.15) is 11.3 Å². The highest BCUT2D eigenvalue weighted by molar-refractivity contribution is 5.76. The molecule has 6 nitrogen and oxygen atoms in total. The summed E-state index contributed by atoms with van der Waals surface area (Å²) in [5.41, 5.74) is -0.296. The Labute approximate surface area is 149 Å². The molecule has 0 aromatic carbocycles. The number of carbonyl (C=O) groups excluding carboxylic acids is 1. The van der Waals surface area contributed by atoms with Crippen molar-refractivity contribution in [1.29, 1.82) is 0 Å². The van der Waals surface area contributed by atoms with Crippen LogP contribution in [0.2, 0.25) is 0 Å². The van der Waals surface area contributed by atoms with E-state index in [1.54, 1.807) is 32.4 Å². The van der Waals surface area contributed by atoms with Crippen LogP contribution in [-0.4, -0.2) is 65.7 Å². The maximum absolute atomic E-state index is 13.6. The Morgan fingerprint density at radius 3 is 2.62 bits per heavy atom. The Balaban J connectivity index is 2.00. The maximum Gasteiger partial charge on any atom is 0.433 e. The molecule has 0 aliphatic carbocycles. The Morgan fingerprint density at radius 2 is 2.00 bits per heavy atom. The van der Waals surface area contributed by atoms with Crippen LogP contribution >= 0.6 is 0 Å². The van der Waals surface area contributed by atoms with Gasteiger partial charge in [-0.15, -0.1) is 0 Å². The number of fused-ring (bicyclic) bond motifs is 1. The van der Waals surface area contributed by atoms with Gasteiger partial charge in [-0.1, -0.05) is 0 Å². The molecule has 1 amide bonds. The number of halogens is 3. The van der Waals surface area contributed by atoms with Gasteiger partial charge >= 0.3 is 6.18 Å². The minimum absolute atomic E-state index is 0.0599. The second kappa shape index (κ2) is 7.24. The summed E-state index contributed by atoms with van der Waals surface area (Å²) >= 11 is 0. The minimum Gasteiger partial charge on any atom is -0.379 e. The highest BCUT2D eigenvalue weighted by Gasteiger charge is 2.40. The highest BCUT2D eigenvalue weighted by Crippen LogP contribution is 2.39. The van der Waals surface area contributed by atoms with Crippen LogP contribution in [0.3, 0.4) is 0 Å². The predicted molar refractivity (Wildman–Crippen MR) is 88.6 cm³/mol. The number of morpholine rings is 1. The summed E-state index contributed by atoms with van der Waals surface area (Å²) in [7, 11) is 3.21. The fourth-order valence-electron chi connectivity index (χ4n) is 3.00. The number of pyridine rings is 1. The fourth-order valence-corrected chi connectivity index (χ4v) is 3.00. The van der Waals surface area contributed by atoms with Crippen molar-refractivity contribution in [2.24, 2.45) is 0 Å².